The average Bonchev–Trinajstić information content (AvgIpc) is 4.08. The molecule has 0 amide bonds. The van der Waals surface area contributed by atoms with Gasteiger partial charge in [0.15, 0.2) is 6.29 Å². The fourth-order valence-corrected chi connectivity index (χ4v) is 9.77. The molecule has 5 aromatic rings. The van der Waals surface area contributed by atoms with Crippen molar-refractivity contribution in [1.29, 1.82) is 0 Å². The number of aromatic nitrogens is 1. The molecule has 1 saturated heterocycles. The van der Waals surface area contributed by atoms with Crippen molar-refractivity contribution in [1.82, 2.24) is 4.98 Å². The molecule has 3 aliphatic rings. The molecule has 0 spiro atoms. The van der Waals surface area contributed by atoms with Crippen molar-refractivity contribution in [2.75, 3.05) is 44.6 Å². The van der Waals surface area contributed by atoms with Gasteiger partial charge in [0.2, 0.25) is 5.13 Å². The normalized spacial score (nSPS) is 20.4. The van der Waals surface area contributed by atoms with Gasteiger partial charge in [-0.3, -0.25) is 4.79 Å². The van der Waals surface area contributed by atoms with Crippen molar-refractivity contribution in [2.24, 2.45) is 22.9 Å². The van der Waals surface area contributed by atoms with Crippen LogP contribution in [0.4, 0.5) is 5.13 Å². The number of hydrazone groups is 1. The summed E-state index contributed by atoms with van der Waals surface area (Å²) in [5, 5.41) is 9.32. The maximum Gasteiger partial charge on any atom is 0.343 e. The number of carbonyl (C=O) groups is 3. The summed E-state index contributed by atoms with van der Waals surface area (Å²) in [4.78, 5) is 44.0. The van der Waals surface area contributed by atoms with Crippen LogP contribution in [0.2, 0.25) is 0 Å². The molecule has 8 rings (SSSR count). The first-order chi connectivity index (χ1) is 32.7. The highest BCUT2D eigenvalue weighted by Crippen LogP contribution is 2.41. The van der Waals surface area contributed by atoms with Crippen LogP contribution in [0.1, 0.15) is 100 Å². The molecule has 14 heteroatoms. The summed E-state index contributed by atoms with van der Waals surface area (Å²) in [5.74, 6) is 1.18. The van der Waals surface area contributed by atoms with E-state index in [-0.39, 0.29) is 42.6 Å². The number of esters is 3. The lowest BCUT2D eigenvalue weighted by Crippen LogP contribution is -2.31. The number of fused-ring (bicyclic) bond motifs is 2. The quantitative estimate of drug-likeness (QED) is 0.0124. The standard InChI is InChI=1S/C53H61N3O10S/c1-4-5-25-56(53-55-46-9-6-7-10-48(46)67-53)54-33-42-32-45(65-51(58)38-13-11-36(12-14-38)37-17-20-43(21-18-37)61-28-29-63-50(57)35(2)3)23-24-47(42)66-52(59)41-16-15-40-31-44(22-19-39(40)30-41)60-26-8-27-62-49-34-64-49/h6-7,9-10,15-16,19,22-24,30-33,36-38,43,49H,2,4-5,8,11-14,17-18,20-21,25-29,34H2,1,3H3/b54-33+. The van der Waals surface area contributed by atoms with Crippen LogP contribution in [0.3, 0.4) is 0 Å². The summed E-state index contributed by atoms with van der Waals surface area (Å²) >= 11 is 1.56. The lowest BCUT2D eigenvalue weighted by molar-refractivity contribution is -0.142. The molecule has 1 atom stereocenters. The van der Waals surface area contributed by atoms with Crippen LogP contribution in [-0.2, 0) is 28.5 Å². The smallest absolute Gasteiger partial charge is 0.343 e. The topological polar surface area (TPSA) is 148 Å². The molecule has 0 N–H and O–H groups in total. The molecule has 1 aromatic heterocycles. The summed E-state index contributed by atoms with van der Waals surface area (Å²) < 4.78 is 40.9. The Balaban J connectivity index is 0.911. The number of ether oxygens (including phenoxy) is 7. The number of hydrogen-bond donors (Lipinski definition) is 0. The lowest BCUT2D eigenvalue weighted by atomic mass is 9.70. The highest BCUT2D eigenvalue weighted by Gasteiger charge is 2.34. The van der Waals surface area contributed by atoms with Gasteiger partial charge in [-0.1, -0.05) is 55.5 Å². The Morgan fingerprint density at radius 3 is 2.33 bits per heavy atom. The van der Waals surface area contributed by atoms with E-state index in [1.54, 1.807) is 54.8 Å². The zero-order valence-corrected chi connectivity index (χ0v) is 39.3. The maximum absolute atomic E-state index is 13.8. The third kappa shape index (κ3) is 13.5. The number of benzene rings is 4. The summed E-state index contributed by atoms with van der Waals surface area (Å²) in [7, 11) is 0. The van der Waals surface area contributed by atoms with Gasteiger partial charge in [-0.15, -0.1) is 0 Å². The van der Waals surface area contributed by atoms with E-state index in [4.69, 9.17) is 43.2 Å². The first-order valence-electron chi connectivity index (χ1n) is 23.8. The van der Waals surface area contributed by atoms with Crippen molar-refractivity contribution < 1.29 is 47.5 Å². The van der Waals surface area contributed by atoms with Crippen molar-refractivity contribution in [3.8, 4) is 17.2 Å². The number of thiazole rings is 1. The SMILES string of the molecule is C=C(C)C(=O)OCCOC1CCC(C2CCC(C(=O)Oc3ccc(OC(=O)c4ccc5cc(OCCCOC6CO6)ccc5c4)c(/C=N/N(CCCC)c4nc5ccccc5s4)c3)CC2)CC1. The minimum absolute atomic E-state index is 0.0618. The molecule has 1 aliphatic heterocycles. The summed E-state index contributed by atoms with van der Waals surface area (Å²) in [6.45, 7) is 10.4. The Morgan fingerprint density at radius 1 is 0.821 bits per heavy atom. The Kier molecular flexibility index (Phi) is 16.7. The number of unbranched alkanes of at least 4 members (excludes halogenated alkanes) is 1. The number of carbonyl (C=O) groups excluding carboxylic acids is 3. The van der Waals surface area contributed by atoms with E-state index in [1.165, 1.54) is 0 Å². The summed E-state index contributed by atoms with van der Waals surface area (Å²) in [6.07, 6.45) is 12.1. The molecule has 354 valence electrons. The van der Waals surface area contributed by atoms with Crippen LogP contribution in [0.5, 0.6) is 17.2 Å². The number of anilines is 1. The van der Waals surface area contributed by atoms with Crippen molar-refractivity contribution in [2.45, 2.75) is 96.9 Å². The Labute approximate surface area is 396 Å². The van der Waals surface area contributed by atoms with E-state index in [1.807, 2.05) is 53.5 Å². The van der Waals surface area contributed by atoms with E-state index in [9.17, 15) is 14.4 Å². The number of hydrogen-bond acceptors (Lipinski definition) is 14. The van der Waals surface area contributed by atoms with Gasteiger partial charge in [0.05, 0.1) is 53.8 Å². The lowest BCUT2D eigenvalue weighted by Gasteiger charge is -2.37. The van der Waals surface area contributed by atoms with Crippen molar-refractivity contribution >= 4 is 61.6 Å². The third-order valence-electron chi connectivity index (χ3n) is 12.7. The van der Waals surface area contributed by atoms with E-state index in [0.29, 0.717) is 67.3 Å². The van der Waals surface area contributed by atoms with Crippen molar-refractivity contribution in [3.05, 3.63) is 102 Å². The minimum atomic E-state index is -0.533. The van der Waals surface area contributed by atoms with Gasteiger partial charge >= 0.3 is 17.9 Å². The molecule has 0 bridgehead atoms. The Hall–Kier alpha value is -5.67. The van der Waals surface area contributed by atoms with Gasteiger partial charge < -0.3 is 33.2 Å². The summed E-state index contributed by atoms with van der Waals surface area (Å²) in [6, 6.07) is 24.2. The molecule has 2 heterocycles. The predicted octanol–water partition coefficient (Wildman–Crippen LogP) is 10.9. The number of nitrogens with zero attached hydrogens (tertiary/aromatic N) is 3. The number of rotatable bonds is 22. The first-order valence-corrected chi connectivity index (χ1v) is 24.6. The van der Waals surface area contributed by atoms with Gasteiger partial charge in [0.1, 0.15) is 30.5 Å². The fourth-order valence-electron chi connectivity index (χ4n) is 8.82. The monoisotopic (exact) mass is 931 g/mol. The zero-order valence-electron chi connectivity index (χ0n) is 38.5. The zero-order chi connectivity index (χ0) is 46.5. The molecule has 0 radical (unpaired) electrons. The number of epoxide rings is 1. The highest BCUT2D eigenvalue weighted by atomic mass is 32.1. The van der Waals surface area contributed by atoms with Gasteiger partial charge in [-0.2, -0.15) is 5.10 Å². The fraction of sp³-hybridized carbons (Fsp3) is 0.453. The number of para-hydroxylation sites is 1. The first kappa shape index (κ1) is 47.8. The molecular formula is C53H61N3O10S. The second-order valence-electron chi connectivity index (χ2n) is 17.7. The minimum Gasteiger partial charge on any atom is -0.493 e. The van der Waals surface area contributed by atoms with Gasteiger partial charge in [0, 0.05) is 24.1 Å². The van der Waals surface area contributed by atoms with E-state index >= 15 is 0 Å². The van der Waals surface area contributed by atoms with Gasteiger partial charge in [-0.05, 0) is 142 Å². The van der Waals surface area contributed by atoms with Gasteiger partial charge in [0.25, 0.3) is 0 Å². The van der Waals surface area contributed by atoms with Crippen LogP contribution < -0.4 is 19.2 Å². The average molecular weight is 932 g/mol. The van der Waals surface area contributed by atoms with Crippen LogP contribution in [-0.4, -0.2) is 81.1 Å². The Morgan fingerprint density at radius 2 is 1.57 bits per heavy atom. The molecule has 2 saturated carbocycles. The van der Waals surface area contributed by atoms with E-state index in [0.717, 1.165) is 102 Å². The van der Waals surface area contributed by atoms with Crippen LogP contribution in [0, 0.1) is 17.8 Å². The maximum atomic E-state index is 13.8. The summed E-state index contributed by atoms with van der Waals surface area (Å²) in [5.41, 5.74) is 2.15. The molecule has 4 aromatic carbocycles. The second-order valence-corrected chi connectivity index (χ2v) is 18.7. The van der Waals surface area contributed by atoms with Crippen LogP contribution in [0.15, 0.2) is 96.1 Å². The van der Waals surface area contributed by atoms with Gasteiger partial charge in [-0.25, -0.2) is 19.6 Å². The third-order valence-corrected chi connectivity index (χ3v) is 13.7. The molecule has 2 aliphatic carbocycles. The molecular weight excluding hydrogens is 871 g/mol. The van der Waals surface area contributed by atoms with Crippen LogP contribution in [0.25, 0.3) is 21.0 Å². The second kappa shape index (κ2) is 23.4. The van der Waals surface area contributed by atoms with Crippen LogP contribution >= 0.6 is 11.3 Å². The van der Waals surface area contributed by atoms with E-state index in [2.05, 4.69) is 13.5 Å². The largest absolute Gasteiger partial charge is 0.493 e. The molecule has 13 nitrogen and oxygen atoms in total. The predicted molar refractivity (Wildman–Crippen MR) is 259 cm³/mol. The Bertz CT molecular complexity index is 2490. The van der Waals surface area contributed by atoms with Crippen molar-refractivity contribution in [3.63, 3.8) is 0 Å². The molecule has 67 heavy (non-hydrogen) atoms. The van der Waals surface area contributed by atoms with E-state index < -0.39 is 5.97 Å². The molecule has 1 unspecified atom stereocenters. The molecule has 3 fully saturated rings. The highest BCUT2D eigenvalue weighted by molar-refractivity contribution is 7.22.